The second-order valence-corrected chi connectivity index (χ2v) is 3.96. The van der Waals surface area contributed by atoms with Crippen molar-refractivity contribution in [1.29, 1.82) is 0 Å². The Bertz CT molecular complexity index is 367. The van der Waals surface area contributed by atoms with Gasteiger partial charge in [0.05, 0.1) is 0 Å². The Labute approximate surface area is 116 Å². The van der Waals surface area contributed by atoms with Crippen LogP contribution in [0.2, 0.25) is 0 Å². The number of hydrogen-bond acceptors (Lipinski definition) is 7. The second-order valence-electron chi connectivity index (χ2n) is 3.96. The lowest BCUT2D eigenvalue weighted by molar-refractivity contribution is 0.0404. The van der Waals surface area contributed by atoms with Crippen LogP contribution in [0.25, 0.3) is 0 Å². The summed E-state index contributed by atoms with van der Waals surface area (Å²) in [6.07, 6.45) is -0.734. The van der Waals surface area contributed by atoms with E-state index in [-0.39, 0.29) is 5.95 Å². The van der Waals surface area contributed by atoms with E-state index in [0.29, 0.717) is 25.0 Å². The Hall–Kier alpha value is -1.77. The Morgan fingerprint density at radius 2 is 1.45 bits per heavy atom. The van der Waals surface area contributed by atoms with Crippen molar-refractivity contribution in [3.8, 4) is 0 Å². The van der Waals surface area contributed by atoms with E-state index in [0.717, 1.165) is 12.8 Å². The van der Waals surface area contributed by atoms with E-state index in [1.54, 1.807) is 0 Å². The van der Waals surface area contributed by atoms with Crippen LogP contribution in [0, 0.1) is 0 Å². The molecule has 0 saturated heterocycles. The third kappa shape index (κ3) is 6.41. The molecule has 0 amide bonds. The van der Waals surface area contributed by atoms with Crippen LogP contribution < -0.4 is 16.1 Å². The summed E-state index contributed by atoms with van der Waals surface area (Å²) in [4.78, 5) is 16.8. The Balaban J connectivity index is 2.68. The number of anilines is 3. The van der Waals surface area contributed by atoms with Crippen molar-refractivity contribution in [2.24, 2.45) is 0 Å². The van der Waals surface area contributed by atoms with E-state index < -0.39 is 13.0 Å². The summed E-state index contributed by atoms with van der Waals surface area (Å²) in [7, 11) is 0. The standard InChI is InChI=1S/C11H20F2N6O/c1-3-5-14-9-16-10(15-6-4-2)18-11(17-9)19-20-7-8(12)13/h8H,3-7H2,1-2H3,(H3,14,15,16,17,18,19). The zero-order chi connectivity index (χ0) is 14.8. The summed E-state index contributed by atoms with van der Waals surface area (Å²) in [6, 6.07) is 0. The quantitative estimate of drug-likeness (QED) is 0.569. The van der Waals surface area contributed by atoms with Crippen LogP contribution in [-0.2, 0) is 4.84 Å². The summed E-state index contributed by atoms with van der Waals surface area (Å²) in [6.45, 7) is 4.69. The smallest absolute Gasteiger partial charge is 0.264 e. The molecule has 0 radical (unpaired) electrons. The molecule has 0 aromatic carbocycles. The molecular weight excluding hydrogens is 270 g/mol. The van der Waals surface area contributed by atoms with Gasteiger partial charge in [0, 0.05) is 13.1 Å². The Kier molecular flexibility index (Phi) is 7.48. The van der Waals surface area contributed by atoms with Gasteiger partial charge in [-0.05, 0) is 12.8 Å². The molecule has 0 saturated carbocycles. The highest BCUT2D eigenvalue weighted by Gasteiger charge is 2.07. The van der Waals surface area contributed by atoms with Gasteiger partial charge in [-0.2, -0.15) is 15.0 Å². The summed E-state index contributed by atoms with van der Waals surface area (Å²) < 4.78 is 24.0. The summed E-state index contributed by atoms with van der Waals surface area (Å²) in [5, 5.41) is 6.01. The normalized spacial score (nSPS) is 10.7. The van der Waals surface area contributed by atoms with Gasteiger partial charge >= 0.3 is 0 Å². The van der Waals surface area contributed by atoms with Gasteiger partial charge in [0.15, 0.2) is 0 Å². The lowest BCUT2D eigenvalue weighted by Crippen LogP contribution is -2.15. The van der Waals surface area contributed by atoms with Crippen LogP contribution in [0.15, 0.2) is 0 Å². The van der Waals surface area contributed by atoms with Gasteiger partial charge in [-0.1, -0.05) is 13.8 Å². The second kappa shape index (κ2) is 9.18. The third-order valence-corrected chi connectivity index (χ3v) is 2.07. The van der Waals surface area contributed by atoms with Crippen molar-refractivity contribution in [3.63, 3.8) is 0 Å². The SMILES string of the molecule is CCCNc1nc(NCCC)nc(NOCC(F)F)n1. The largest absolute Gasteiger partial charge is 0.354 e. The fraction of sp³-hybridized carbons (Fsp3) is 0.727. The highest BCUT2D eigenvalue weighted by atomic mass is 19.3. The molecule has 1 rings (SSSR count). The average molecular weight is 290 g/mol. The Morgan fingerprint density at radius 3 is 1.90 bits per heavy atom. The molecule has 0 aliphatic heterocycles. The molecule has 0 bridgehead atoms. The molecule has 0 aliphatic rings. The first-order valence-electron chi connectivity index (χ1n) is 6.55. The summed E-state index contributed by atoms with van der Waals surface area (Å²) in [5.41, 5.74) is 2.29. The predicted octanol–water partition coefficient (Wildman–Crippen LogP) is 2.12. The van der Waals surface area contributed by atoms with Gasteiger partial charge < -0.3 is 10.6 Å². The average Bonchev–Trinajstić information content (AvgIpc) is 2.42. The van der Waals surface area contributed by atoms with Gasteiger partial charge in [-0.3, -0.25) is 4.84 Å². The van der Waals surface area contributed by atoms with Crippen molar-refractivity contribution >= 4 is 17.8 Å². The zero-order valence-electron chi connectivity index (χ0n) is 11.6. The number of alkyl halides is 2. The molecule has 7 nitrogen and oxygen atoms in total. The van der Waals surface area contributed by atoms with E-state index in [9.17, 15) is 8.78 Å². The van der Waals surface area contributed by atoms with Crippen molar-refractivity contribution in [1.82, 2.24) is 15.0 Å². The number of nitrogens with one attached hydrogen (secondary N) is 3. The maximum absolute atomic E-state index is 12.0. The maximum atomic E-state index is 12.0. The number of aromatic nitrogens is 3. The van der Waals surface area contributed by atoms with Gasteiger partial charge in [0.1, 0.15) is 6.61 Å². The number of halogens is 2. The molecule has 0 fully saturated rings. The summed E-state index contributed by atoms with van der Waals surface area (Å²) in [5.74, 6) is 0.810. The molecule has 20 heavy (non-hydrogen) atoms. The third-order valence-electron chi connectivity index (χ3n) is 2.07. The first-order chi connectivity index (χ1) is 9.65. The first-order valence-corrected chi connectivity index (χ1v) is 6.55. The van der Waals surface area contributed by atoms with E-state index in [2.05, 4.69) is 35.9 Å². The molecule has 1 heterocycles. The van der Waals surface area contributed by atoms with Crippen molar-refractivity contribution < 1.29 is 13.6 Å². The topological polar surface area (TPSA) is 84.0 Å². The van der Waals surface area contributed by atoms with Crippen molar-refractivity contribution in [2.45, 2.75) is 33.1 Å². The molecule has 114 valence electrons. The number of hydrogen-bond donors (Lipinski definition) is 3. The van der Waals surface area contributed by atoms with Crippen molar-refractivity contribution in [2.75, 3.05) is 35.8 Å². The van der Waals surface area contributed by atoms with Crippen LogP contribution in [0.4, 0.5) is 26.6 Å². The minimum Gasteiger partial charge on any atom is -0.354 e. The molecule has 3 N–H and O–H groups in total. The van der Waals surface area contributed by atoms with Crippen LogP contribution in [-0.4, -0.2) is 41.1 Å². The predicted molar refractivity (Wildman–Crippen MR) is 73.0 cm³/mol. The van der Waals surface area contributed by atoms with Gasteiger partial charge in [0.25, 0.3) is 12.4 Å². The molecular formula is C11H20F2N6O. The molecule has 9 heteroatoms. The maximum Gasteiger partial charge on any atom is 0.264 e. The summed E-state index contributed by atoms with van der Waals surface area (Å²) >= 11 is 0. The highest BCUT2D eigenvalue weighted by molar-refractivity contribution is 5.41. The van der Waals surface area contributed by atoms with E-state index in [4.69, 9.17) is 0 Å². The van der Waals surface area contributed by atoms with Gasteiger partial charge in [-0.25, -0.2) is 14.3 Å². The molecule has 0 aliphatic carbocycles. The minimum absolute atomic E-state index is 0.0813. The van der Waals surface area contributed by atoms with Crippen molar-refractivity contribution in [3.05, 3.63) is 0 Å². The van der Waals surface area contributed by atoms with E-state index in [1.807, 2.05) is 13.8 Å². The monoisotopic (exact) mass is 290 g/mol. The molecule has 1 aromatic heterocycles. The van der Waals surface area contributed by atoms with Crippen LogP contribution >= 0.6 is 0 Å². The minimum atomic E-state index is -2.56. The van der Waals surface area contributed by atoms with Gasteiger partial charge in [-0.15, -0.1) is 0 Å². The number of rotatable bonds is 10. The van der Waals surface area contributed by atoms with Crippen LogP contribution in [0.1, 0.15) is 26.7 Å². The number of nitrogens with zero attached hydrogens (tertiary/aromatic N) is 3. The molecule has 0 unspecified atom stereocenters. The fourth-order valence-corrected chi connectivity index (χ4v) is 1.22. The van der Waals surface area contributed by atoms with Gasteiger partial charge in [0.2, 0.25) is 11.9 Å². The first kappa shape index (κ1) is 16.3. The lowest BCUT2D eigenvalue weighted by atomic mass is 10.5. The lowest BCUT2D eigenvalue weighted by Gasteiger charge is -2.10. The Morgan fingerprint density at radius 1 is 0.950 bits per heavy atom. The molecule has 1 aromatic rings. The van der Waals surface area contributed by atoms with E-state index in [1.165, 1.54) is 0 Å². The molecule has 0 atom stereocenters. The highest BCUT2D eigenvalue weighted by Crippen LogP contribution is 2.09. The van der Waals surface area contributed by atoms with Crippen LogP contribution in [0.5, 0.6) is 0 Å². The van der Waals surface area contributed by atoms with E-state index >= 15 is 0 Å². The fourth-order valence-electron chi connectivity index (χ4n) is 1.22. The van der Waals surface area contributed by atoms with Crippen LogP contribution in [0.3, 0.4) is 0 Å². The zero-order valence-corrected chi connectivity index (χ0v) is 11.6. The molecule has 0 spiro atoms.